The van der Waals surface area contributed by atoms with Gasteiger partial charge in [0, 0.05) is 31.0 Å². The molecule has 0 spiro atoms. The van der Waals surface area contributed by atoms with Crippen LogP contribution in [0.3, 0.4) is 0 Å². The molecule has 0 bridgehead atoms. The Balaban J connectivity index is 1.25. The first-order valence-electron chi connectivity index (χ1n) is 10.6. The van der Waals surface area contributed by atoms with E-state index in [9.17, 15) is 9.59 Å². The minimum Gasteiger partial charge on any atom is -0.461 e. The average Bonchev–Trinajstić information content (AvgIpc) is 3.51. The Morgan fingerprint density at radius 2 is 1.58 bits per heavy atom. The summed E-state index contributed by atoms with van der Waals surface area (Å²) in [5.41, 5.74) is 3.52. The number of hydrogen-bond donors (Lipinski definition) is 2. The van der Waals surface area contributed by atoms with Gasteiger partial charge in [-0.3, -0.25) is 0 Å². The van der Waals surface area contributed by atoms with Crippen molar-refractivity contribution in [2.24, 2.45) is 0 Å². The van der Waals surface area contributed by atoms with Crippen molar-refractivity contribution in [3.63, 3.8) is 0 Å². The fourth-order valence-electron chi connectivity index (χ4n) is 3.18. The van der Waals surface area contributed by atoms with Crippen molar-refractivity contribution < 1.29 is 14.3 Å². The molecule has 4 aromatic rings. The van der Waals surface area contributed by atoms with Crippen LogP contribution in [0, 0.1) is 0 Å². The number of aromatic nitrogens is 4. The molecule has 4 rings (SSSR count). The second-order valence-corrected chi connectivity index (χ2v) is 7.13. The van der Waals surface area contributed by atoms with Crippen molar-refractivity contribution >= 4 is 17.7 Å². The number of nitrogens with zero attached hydrogens (tertiary/aromatic N) is 4. The second kappa shape index (κ2) is 10.3. The van der Waals surface area contributed by atoms with E-state index in [0.717, 1.165) is 17.1 Å². The summed E-state index contributed by atoms with van der Waals surface area (Å²) in [5, 5.41) is 14.4. The van der Waals surface area contributed by atoms with Crippen molar-refractivity contribution in [3.8, 4) is 11.4 Å². The minimum atomic E-state index is -0.460. The smallest absolute Gasteiger partial charge is 0.358 e. The molecule has 2 aromatic carbocycles. The zero-order valence-electron chi connectivity index (χ0n) is 18.1. The van der Waals surface area contributed by atoms with Gasteiger partial charge in [-0.05, 0) is 55.5 Å². The van der Waals surface area contributed by atoms with Gasteiger partial charge in [0.2, 0.25) is 0 Å². The molecule has 9 nitrogen and oxygen atoms in total. The number of carbonyl (C=O) groups is 2. The summed E-state index contributed by atoms with van der Waals surface area (Å²) >= 11 is 0. The van der Waals surface area contributed by atoms with Gasteiger partial charge in [-0.1, -0.05) is 18.2 Å². The summed E-state index contributed by atoms with van der Waals surface area (Å²) in [6, 6.07) is 20.2. The van der Waals surface area contributed by atoms with E-state index in [4.69, 9.17) is 4.74 Å². The van der Waals surface area contributed by atoms with Gasteiger partial charge >= 0.3 is 12.0 Å². The summed E-state index contributed by atoms with van der Waals surface area (Å²) in [4.78, 5) is 24.0. The number of benzene rings is 2. The largest absolute Gasteiger partial charge is 0.461 e. The monoisotopic (exact) mass is 444 g/mol. The molecule has 0 aliphatic rings. The van der Waals surface area contributed by atoms with Crippen LogP contribution in [0.15, 0.2) is 79.1 Å². The number of rotatable bonds is 8. The zero-order chi connectivity index (χ0) is 23.0. The number of nitrogens with one attached hydrogen (secondary N) is 2. The summed E-state index contributed by atoms with van der Waals surface area (Å²) in [6.07, 6.45) is 4.20. The molecule has 0 saturated carbocycles. The van der Waals surface area contributed by atoms with Crippen LogP contribution >= 0.6 is 0 Å². The lowest BCUT2D eigenvalue weighted by molar-refractivity contribution is 0.0519. The highest BCUT2D eigenvalue weighted by Crippen LogP contribution is 2.14. The Bertz CT molecular complexity index is 1210. The highest BCUT2D eigenvalue weighted by atomic mass is 16.5. The van der Waals surface area contributed by atoms with Gasteiger partial charge in [0.15, 0.2) is 5.69 Å². The van der Waals surface area contributed by atoms with E-state index < -0.39 is 5.97 Å². The quantitative estimate of drug-likeness (QED) is 0.404. The Kier molecular flexibility index (Phi) is 6.79. The molecule has 2 aromatic heterocycles. The van der Waals surface area contributed by atoms with Crippen molar-refractivity contribution in [3.05, 3.63) is 90.5 Å². The highest BCUT2D eigenvalue weighted by Gasteiger charge is 2.11. The van der Waals surface area contributed by atoms with E-state index >= 15 is 0 Å². The van der Waals surface area contributed by atoms with Gasteiger partial charge in [-0.2, -0.15) is 10.2 Å². The van der Waals surface area contributed by atoms with Crippen molar-refractivity contribution in [1.82, 2.24) is 24.9 Å². The number of carbonyl (C=O) groups excluding carboxylic acids is 2. The summed E-state index contributed by atoms with van der Waals surface area (Å²) in [7, 11) is 0. The number of hydrogen-bond acceptors (Lipinski definition) is 5. The fourth-order valence-corrected chi connectivity index (χ4v) is 3.18. The predicted molar refractivity (Wildman–Crippen MR) is 124 cm³/mol. The van der Waals surface area contributed by atoms with E-state index in [1.165, 1.54) is 0 Å². The van der Waals surface area contributed by atoms with Crippen LogP contribution in [0.25, 0.3) is 11.4 Å². The van der Waals surface area contributed by atoms with Gasteiger partial charge in [0.25, 0.3) is 0 Å². The fraction of sp³-hybridized carbons (Fsp3) is 0.167. The molecule has 9 heteroatoms. The van der Waals surface area contributed by atoms with Crippen LogP contribution in [-0.2, 0) is 11.2 Å². The molecule has 0 aliphatic heterocycles. The predicted octanol–water partition coefficient (Wildman–Crippen LogP) is 3.60. The van der Waals surface area contributed by atoms with Crippen LogP contribution in [0.4, 0.5) is 10.5 Å². The normalized spacial score (nSPS) is 10.6. The molecule has 2 heterocycles. The van der Waals surface area contributed by atoms with Crippen LogP contribution in [0.5, 0.6) is 0 Å². The molecule has 2 amide bonds. The molecule has 0 aliphatic carbocycles. The topological polar surface area (TPSA) is 103 Å². The first-order valence-corrected chi connectivity index (χ1v) is 10.6. The Morgan fingerprint density at radius 1 is 0.879 bits per heavy atom. The van der Waals surface area contributed by atoms with Crippen LogP contribution in [0.2, 0.25) is 0 Å². The van der Waals surface area contributed by atoms with Gasteiger partial charge in [0.1, 0.15) is 0 Å². The van der Waals surface area contributed by atoms with Crippen LogP contribution in [0.1, 0.15) is 23.1 Å². The lowest BCUT2D eigenvalue weighted by atomic mass is 10.3. The molecule has 168 valence electrons. The molecular weight excluding hydrogens is 420 g/mol. The molecule has 0 saturated heterocycles. The van der Waals surface area contributed by atoms with Gasteiger partial charge < -0.3 is 15.4 Å². The van der Waals surface area contributed by atoms with E-state index in [2.05, 4.69) is 20.8 Å². The Labute approximate surface area is 191 Å². The maximum absolute atomic E-state index is 12.2. The molecule has 0 atom stereocenters. The Hall–Kier alpha value is -4.40. The zero-order valence-corrected chi connectivity index (χ0v) is 18.1. The first kappa shape index (κ1) is 21.8. The maximum Gasteiger partial charge on any atom is 0.358 e. The summed E-state index contributed by atoms with van der Waals surface area (Å²) in [5.74, 6) is -0.460. The second-order valence-electron chi connectivity index (χ2n) is 7.13. The summed E-state index contributed by atoms with van der Waals surface area (Å²) < 4.78 is 8.33. The number of para-hydroxylation sites is 1. The molecule has 0 radical (unpaired) electrons. The molecular formula is C24H24N6O3. The SMILES string of the molecule is CCOC(=O)c1ccn(-c2ccc(NC(=O)NCCc3ccn(-c4ccccc4)n3)cc2)n1. The van der Waals surface area contributed by atoms with Crippen LogP contribution in [-0.4, -0.2) is 44.7 Å². The number of ether oxygens (including phenoxy) is 1. The van der Waals surface area contributed by atoms with Gasteiger partial charge in [-0.15, -0.1) is 0 Å². The van der Waals surface area contributed by atoms with E-state index in [1.54, 1.807) is 48.1 Å². The van der Waals surface area contributed by atoms with Gasteiger partial charge in [0.05, 0.1) is 23.7 Å². The third-order valence-electron chi connectivity index (χ3n) is 4.80. The highest BCUT2D eigenvalue weighted by molar-refractivity contribution is 5.89. The van der Waals surface area contributed by atoms with E-state index in [-0.39, 0.29) is 11.7 Å². The molecule has 0 fully saturated rings. The van der Waals surface area contributed by atoms with Crippen molar-refractivity contribution in [1.29, 1.82) is 0 Å². The van der Waals surface area contributed by atoms with Gasteiger partial charge in [-0.25, -0.2) is 19.0 Å². The Morgan fingerprint density at radius 3 is 2.33 bits per heavy atom. The lowest BCUT2D eigenvalue weighted by Gasteiger charge is -2.08. The number of anilines is 1. The third kappa shape index (κ3) is 5.65. The van der Waals surface area contributed by atoms with E-state index in [1.807, 2.05) is 47.3 Å². The lowest BCUT2D eigenvalue weighted by Crippen LogP contribution is -2.30. The number of urea groups is 1. The van der Waals surface area contributed by atoms with Crippen molar-refractivity contribution in [2.75, 3.05) is 18.5 Å². The number of amides is 2. The standard InChI is InChI=1S/C24H24N6O3/c1-2-33-23(31)22-14-17-30(28-22)21-10-8-18(9-11-21)26-24(32)25-15-12-19-13-16-29(27-19)20-6-4-3-5-7-20/h3-11,13-14,16-17H,2,12,15H2,1H3,(H2,25,26,32). The van der Waals surface area contributed by atoms with Crippen LogP contribution < -0.4 is 10.6 Å². The maximum atomic E-state index is 12.2. The average molecular weight is 444 g/mol. The number of esters is 1. The van der Waals surface area contributed by atoms with Crippen molar-refractivity contribution in [2.45, 2.75) is 13.3 Å². The third-order valence-corrected chi connectivity index (χ3v) is 4.80. The minimum absolute atomic E-state index is 0.243. The van der Waals surface area contributed by atoms with E-state index in [0.29, 0.717) is 25.3 Å². The summed E-state index contributed by atoms with van der Waals surface area (Å²) in [6.45, 7) is 2.50. The molecule has 2 N–H and O–H groups in total. The molecule has 0 unspecified atom stereocenters. The first-order chi connectivity index (χ1) is 16.1. The molecule has 33 heavy (non-hydrogen) atoms.